The average Bonchev–Trinajstić information content (AvgIpc) is 2.28. The highest BCUT2D eigenvalue weighted by Gasteiger charge is 2.21. The van der Waals surface area contributed by atoms with E-state index >= 15 is 0 Å². The lowest BCUT2D eigenvalue weighted by molar-refractivity contribution is 0.472. The molecule has 2 rings (SSSR count). The minimum absolute atomic E-state index is 0.287. The Morgan fingerprint density at radius 3 is 2.65 bits per heavy atom. The second kappa shape index (κ2) is 4.40. The molecule has 17 heavy (non-hydrogen) atoms. The number of hydrogen-bond acceptors (Lipinski definition) is 3. The minimum atomic E-state index is 0.287. The first-order chi connectivity index (χ1) is 7.97. The zero-order valence-corrected chi connectivity index (χ0v) is 10.9. The van der Waals surface area contributed by atoms with Crippen molar-refractivity contribution in [3.8, 4) is 0 Å². The second-order valence-electron chi connectivity index (χ2n) is 5.62. The second-order valence-corrected chi connectivity index (χ2v) is 5.62. The zero-order valence-electron chi connectivity index (χ0n) is 10.9. The van der Waals surface area contributed by atoms with E-state index < -0.39 is 0 Å². The summed E-state index contributed by atoms with van der Waals surface area (Å²) in [6.07, 6.45) is 5.21. The van der Waals surface area contributed by atoms with Gasteiger partial charge in [-0.05, 0) is 17.9 Å². The van der Waals surface area contributed by atoms with Gasteiger partial charge >= 0.3 is 0 Å². The zero-order chi connectivity index (χ0) is 12.5. The maximum atomic E-state index is 5.78. The quantitative estimate of drug-likeness (QED) is 0.756. The van der Waals surface area contributed by atoms with Gasteiger partial charge in [0.1, 0.15) is 5.82 Å². The van der Waals surface area contributed by atoms with Gasteiger partial charge < -0.3 is 10.6 Å². The molecule has 2 N–H and O–H groups in total. The summed E-state index contributed by atoms with van der Waals surface area (Å²) in [5.74, 6) is 0.981. The molecule has 0 bridgehead atoms. The van der Waals surface area contributed by atoms with Crippen LogP contribution in [-0.4, -0.2) is 18.1 Å². The van der Waals surface area contributed by atoms with Crippen LogP contribution in [0.4, 0.5) is 11.5 Å². The van der Waals surface area contributed by atoms with Gasteiger partial charge in [0.25, 0.3) is 0 Å². The monoisotopic (exact) mass is 231 g/mol. The average molecular weight is 231 g/mol. The fourth-order valence-electron chi connectivity index (χ4n) is 2.17. The molecule has 3 heteroatoms. The highest BCUT2D eigenvalue weighted by molar-refractivity contribution is 5.51. The number of hydrogen-bond donors (Lipinski definition) is 1. The molecule has 1 aromatic rings. The minimum Gasteiger partial charge on any atom is -0.399 e. The van der Waals surface area contributed by atoms with Gasteiger partial charge in [-0.2, -0.15) is 0 Å². The number of nitrogens with two attached hydrogens (primary N) is 1. The summed E-state index contributed by atoms with van der Waals surface area (Å²) in [5, 5.41) is 0. The summed E-state index contributed by atoms with van der Waals surface area (Å²) < 4.78 is 0. The van der Waals surface area contributed by atoms with Crippen LogP contribution in [0.2, 0.25) is 0 Å². The van der Waals surface area contributed by atoms with Crippen molar-refractivity contribution in [1.82, 2.24) is 4.98 Å². The van der Waals surface area contributed by atoms with Crippen LogP contribution in [-0.2, 0) is 0 Å². The van der Waals surface area contributed by atoms with E-state index in [1.165, 1.54) is 5.57 Å². The van der Waals surface area contributed by atoms with E-state index in [-0.39, 0.29) is 5.41 Å². The lowest BCUT2D eigenvalue weighted by Crippen LogP contribution is -2.31. The molecule has 0 saturated carbocycles. The Kier molecular flexibility index (Phi) is 3.09. The summed E-state index contributed by atoms with van der Waals surface area (Å²) in [6, 6.07) is 3.76. The van der Waals surface area contributed by atoms with Crippen molar-refractivity contribution in [3.63, 3.8) is 0 Å². The third-order valence-corrected chi connectivity index (χ3v) is 3.27. The largest absolute Gasteiger partial charge is 0.399 e. The molecule has 0 radical (unpaired) electrons. The van der Waals surface area contributed by atoms with E-state index in [0.717, 1.165) is 31.0 Å². The van der Waals surface area contributed by atoms with Gasteiger partial charge in [-0.15, -0.1) is 0 Å². The smallest absolute Gasteiger partial charge is 0.130 e. The number of nitrogen functional groups attached to an aromatic ring is 1. The van der Waals surface area contributed by atoms with Crippen molar-refractivity contribution < 1.29 is 0 Å². The van der Waals surface area contributed by atoms with Crippen molar-refractivity contribution >= 4 is 11.5 Å². The van der Waals surface area contributed by atoms with Crippen LogP contribution in [0.5, 0.6) is 0 Å². The Hall–Kier alpha value is -1.51. The van der Waals surface area contributed by atoms with Gasteiger partial charge in [-0.25, -0.2) is 4.98 Å². The van der Waals surface area contributed by atoms with Crippen LogP contribution in [0.25, 0.3) is 0 Å². The first-order valence-electron chi connectivity index (χ1n) is 6.13. The van der Waals surface area contributed by atoms with Crippen molar-refractivity contribution in [2.24, 2.45) is 5.41 Å². The fraction of sp³-hybridized carbons (Fsp3) is 0.500. The van der Waals surface area contributed by atoms with Crippen molar-refractivity contribution in [1.29, 1.82) is 0 Å². The van der Waals surface area contributed by atoms with E-state index in [1.807, 2.05) is 12.1 Å². The highest BCUT2D eigenvalue weighted by Crippen LogP contribution is 2.31. The van der Waals surface area contributed by atoms with Crippen LogP contribution in [0.15, 0.2) is 30.0 Å². The third-order valence-electron chi connectivity index (χ3n) is 3.27. The lowest BCUT2D eigenvalue weighted by Gasteiger charge is -2.32. The molecule has 0 aromatic carbocycles. The van der Waals surface area contributed by atoms with Gasteiger partial charge in [0.05, 0.1) is 0 Å². The fourth-order valence-corrected chi connectivity index (χ4v) is 2.17. The summed E-state index contributed by atoms with van der Waals surface area (Å²) in [7, 11) is 0. The Morgan fingerprint density at radius 2 is 2.12 bits per heavy atom. The highest BCUT2D eigenvalue weighted by atomic mass is 15.2. The molecule has 0 unspecified atom stereocenters. The van der Waals surface area contributed by atoms with Crippen LogP contribution < -0.4 is 10.6 Å². The SMILES string of the molecule is CC(C)(C)C1=CCN(c2cc(N)ccn2)CC1. The molecular formula is C14H21N3. The molecule has 1 aromatic heterocycles. The predicted molar refractivity (Wildman–Crippen MR) is 73.0 cm³/mol. The van der Waals surface area contributed by atoms with Gasteiger partial charge in [0, 0.05) is 31.0 Å². The standard InChI is InChI=1S/C14H21N3/c1-14(2,3)11-5-8-17(9-6-11)13-10-12(15)4-7-16-13/h4-5,7,10H,6,8-9H2,1-3H3,(H2,15,16). The molecule has 0 saturated heterocycles. The Morgan fingerprint density at radius 1 is 1.35 bits per heavy atom. The van der Waals surface area contributed by atoms with Gasteiger partial charge in [-0.1, -0.05) is 32.4 Å². The summed E-state index contributed by atoms with van der Waals surface area (Å²) >= 11 is 0. The molecule has 0 aliphatic carbocycles. The van der Waals surface area contributed by atoms with Crippen LogP contribution in [0.1, 0.15) is 27.2 Å². The molecule has 0 atom stereocenters. The number of aromatic nitrogens is 1. The van der Waals surface area contributed by atoms with E-state index in [0.29, 0.717) is 0 Å². The lowest BCUT2D eigenvalue weighted by atomic mass is 9.83. The number of pyridine rings is 1. The third kappa shape index (κ3) is 2.78. The first-order valence-corrected chi connectivity index (χ1v) is 6.13. The van der Waals surface area contributed by atoms with Crippen LogP contribution >= 0.6 is 0 Å². The maximum Gasteiger partial charge on any atom is 0.130 e. The maximum absolute atomic E-state index is 5.78. The van der Waals surface area contributed by atoms with Gasteiger partial charge in [-0.3, -0.25) is 0 Å². The molecule has 0 amide bonds. The molecular weight excluding hydrogens is 210 g/mol. The van der Waals surface area contributed by atoms with Crippen molar-refractivity contribution in [2.75, 3.05) is 23.7 Å². The van der Waals surface area contributed by atoms with Crippen molar-refractivity contribution in [3.05, 3.63) is 30.0 Å². The number of anilines is 2. The Balaban J connectivity index is 2.12. The van der Waals surface area contributed by atoms with Crippen LogP contribution in [0.3, 0.4) is 0 Å². The van der Waals surface area contributed by atoms with Gasteiger partial charge in [0.15, 0.2) is 0 Å². The molecule has 1 aliphatic rings. The summed E-state index contributed by atoms with van der Waals surface area (Å²) in [6.45, 7) is 8.77. The first kappa shape index (κ1) is 12.0. The Labute approximate surface area is 103 Å². The molecule has 0 fully saturated rings. The molecule has 3 nitrogen and oxygen atoms in total. The number of rotatable bonds is 1. The normalized spacial score (nSPS) is 16.9. The molecule has 0 spiro atoms. The van der Waals surface area contributed by atoms with E-state index in [2.05, 4.69) is 36.7 Å². The molecule has 92 valence electrons. The molecule has 2 heterocycles. The predicted octanol–water partition coefficient (Wildman–Crippen LogP) is 2.85. The van der Waals surface area contributed by atoms with E-state index in [4.69, 9.17) is 5.73 Å². The Bertz CT molecular complexity index is 429. The van der Waals surface area contributed by atoms with E-state index in [9.17, 15) is 0 Å². The molecule has 1 aliphatic heterocycles. The summed E-state index contributed by atoms with van der Waals surface area (Å²) in [4.78, 5) is 6.64. The topological polar surface area (TPSA) is 42.1 Å². The van der Waals surface area contributed by atoms with Crippen molar-refractivity contribution in [2.45, 2.75) is 27.2 Å². The van der Waals surface area contributed by atoms with Crippen LogP contribution in [0, 0.1) is 5.41 Å². The van der Waals surface area contributed by atoms with Gasteiger partial charge in [0.2, 0.25) is 0 Å². The van der Waals surface area contributed by atoms with E-state index in [1.54, 1.807) is 6.20 Å². The summed E-state index contributed by atoms with van der Waals surface area (Å²) in [5.41, 5.74) is 8.38. The number of nitrogens with zero attached hydrogens (tertiary/aromatic N) is 2.